The second kappa shape index (κ2) is 4.75. The molecular weight excluding hydrogens is 236 g/mol. The highest BCUT2D eigenvalue weighted by Gasteiger charge is 2.12. The maximum absolute atomic E-state index is 11.5. The number of benzene rings is 1. The lowest BCUT2D eigenvalue weighted by Crippen LogP contribution is -2.07. The van der Waals surface area contributed by atoms with Crippen LogP contribution in [0.4, 0.5) is 0 Å². The largest absolute Gasteiger partial charge is 0.490 e. The maximum atomic E-state index is 11.5. The molecule has 1 aromatic carbocycles. The molecule has 17 heavy (non-hydrogen) atoms. The normalized spacial score (nSPS) is 10.8. The van der Waals surface area contributed by atoms with Gasteiger partial charge in [0.2, 0.25) is 0 Å². The van der Waals surface area contributed by atoms with Crippen LogP contribution < -0.4 is 4.74 Å². The fourth-order valence-corrected chi connectivity index (χ4v) is 2.47. The van der Waals surface area contributed by atoms with E-state index in [0.29, 0.717) is 5.56 Å². The zero-order chi connectivity index (χ0) is 12.4. The summed E-state index contributed by atoms with van der Waals surface area (Å²) in [4.78, 5) is 11.5. The van der Waals surface area contributed by atoms with E-state index in [2.05, 4.69) is 0 Å². The summed E-state index contributed by atoms with van der Waals surface area (Å²) in [5.41, 5.74) is 0.526. The van der Waals surface area contributed by atoms with Crippen LogP contribution in [0.25, 0.3) is 10.1 Å². The summed E-state index contributed by atoms with van der Waals surface area (Å²) in [5.74, 6) is 0.396. The summed E-state index contributed by atoms with van der Waals surface area (Å²) in [7, 11) is 1.38. The van der Waals surface area contributed by atoms with Gasteiger partial charge in [-0.15, -0.1) is 11.3 Å². The number of ether oxygens (including phenoxy) is 2. The van der Waals surface area contributed by atoms with Crippen molar-refractivity contribution in [2.75, 3.05) is 7.11 Å². The molecule has 0 bridgehead atoms. The predicted octanol–water partition coefficient (Wildman–Crippen LogP) is 3.48. The number of methoxy groups -OCH3 is 1. The Morgan fingerprint density at radius 2 is 2.12 bits per heavy atom. The molecule has 90 valence electrons. The van der Waals surface area contributed by atoms with Gasteiger partial charge in [-0.3, -0.25) is 0 Å². The third kappa shape index (κ3) is 2.42. The van der Waals surface area contributed by atoms with Gasteiger partial charge < -0.3 is 9.47 Å². The molecule has 0 saturated heterocycles. The van der Waals surface area contributed by atoms with Crippen LogP contribution in [0.3, 0.4) is 0 Å². The van der Waals surface area contributed by atoms with Gasteiger partial charge in [0.05, 0.1) is 18.8 Å². The van der Waals surface area contributed by atoms with E-state index in [9.17, 15) is 4.79 Å². The van der Waals surface area contributed by atoms with Crippen molar-refractivity contribution in [2.24, 2.45) is 0 Å². The number of carbonyl (C=O) groups excluding carboxylic acids is 1. The van der Waals surface area contributed by atoms with Crippen LogP contribution in [0.1, 0.15) is 24.2 Å². The lowest BCUT2D eigenvalue weighted by atomic mass is 10.1. The predicted molar refractivity (Wildman–Crippen MR) is 68.9 cm³/mol. The Kier molecular flexibility index (Phi) is 3.33. The van der Waals surface area contributed by atoms with E-state index in [-0.39, 0.29) is 12.1 Å². The molecule has 0 saturated carbocycles. The summed E-state index contributed by atoms with van der Waals surface area (Å²) in [6.07, 6.45) is 0.0750. The summed E-state index contributed by atoms with van der Waals surface area (Å²) >= 11 is 1.58. The average molecular weight is 250 g/mol. The van der Waals surface area contributed by atoms with E-state index in [4.69, 9.17) is 9.47 Å². The lowest BCUT2D eigenvalue weighted by molar-refractivity contribution is 0.0600. The smallest absolute Gasteiger partial charge is 0.338 e. The third-order valence-electron chi connectivity index (χ3n) is 2.32. The van der Waals surface area contributed by atoms with Gasteiger partial charge in [0, 0.05) is 10.1 Å². The number of esters is 1. The van der Waals surface area contributed by atoms with Gasteiger partial charge in [0.15, 0.2) is 0 Å². The van der Waals surface area contributed by atoms with E-state index in [1.54, 1.807) is 17.4 Å². The minimum Gasteiger partial charge on any atom is -0.490 e. The van der Waals surface area contributed by atoms with Crippen LogP contribution in [0, 0.1) is 0 Å². The Hall–Kier alpha value is -1.55. The molecule has 0 fully saturated rings. The first-order valence-corrected chi connectivity index (χ1v) is 6.26. The summed E-state index contributed by atoms with van der Waals surface area (Å²) in [6.45, 7) is 3.92. The van der Waals surface area contributed by atoms with Gasteiger partial charge in [-0.1, -0.05) is 0 Å². The van der Waals surface area contributed by atoms with E-state index < -0.39 is 0 Å². The minimum absolute atomic E-state index is 0.0750. The molecule has 1 heterocycles. The Labute approximate surface area is 104 Å². The van der Waals surface area contributed by atoms with Gasteiger partial charge in [0.25, 0.3) is 0 Å². The molecule has 0 aliphatic rings. The molecule has 0 aliphatic carbocycles. The first-order valence-electron chi connectivity index (χ1n) is 5.38. The summed E-state index contributed by atoms with van der Waals surface area (Å²) in [5, 5.41) is 3.02. The minimum atomic E-state index is -0.339. The van der Waals surface area contributed by atoms with Crippen molar-refractivity contribution in [1.82, 2.24) is 0 Å². The quantitative estimate of drug-likeness (QED) is 0.782. The highest BCUT2D eigenvalue weighted by molar-refractivity contribution is 7.17. The van der Waals surface area contributed by atoms with Crippen LogP contribution >= 0.6 is 11.3 Å². The molecule has 0 unspecified atom stereocenters. The van der Waals surface area contributed by atoms with Crippen molar-refractivity contribution < 1.29 is 14.3 Å². The first kappa shape index (κ1) is 11.9. The van der Waals surface area contributed by atoms with Crippen molar-refractivity contribution >= 4 is 27.4 Å². The molecular formula is C13H14O3S. The van der Waals surface area contributed by atoms with E-state index in [1.807, 2.05) is 31.4 Å². The molecule has 1 aromatic heterocycles. The van der Waals surface area contributed by atoms with Crippen LogP contribution in [-0.4, -0.2) is 19.2 Å². The third-order valence-corrected chi connectivity index (χ3v) is 3.18. The molecule has 0 spiro atoms. The second-order valence-corrected chi connectivity index (χ2v) is 4.91. The molecule has 0 aliphatic heterocycles. The number of hydrogen-bond acceptors (Lipinski definition) is 4. The maximum Gasteiger partial charge on any atom is 0.338 e. The lowest BCUT2D eigenvalue weighted by Gasteiger charge is -2.12. The number of carbonyl (C=O) groups is 1. The Morgan fingerprint density at radius 1 is 1.35 bits per heavy atom. The van der Waals surface area contributed by atoms with Crippen molar-refractivity contribution in [1.29, 1.82) is 0 Å². The SMILES string of the molecule is COC(=O)c1cc(OC(C)C)c2ccsc2c1. The standard InChI is InChI=1S/C13H14O3S/c1-8(2)16-11-6-9(13(14)15-3)7-12-10(11)4-5-17-12/h4-8H,1-3H3. The molecule has 2 aromatic rings. The molecule has 0 radical (unpaired) electrons. The molecule has 4 heteroatoms. The first-order chi connectivity index (χ1) is 8.11. The molecule has 2 rings (SSSR count). The highest BCUT2D eigenvalue weighted by atomic mass is 32.1. The fourth-order valence-electron chi connectivity index (χ4n) is 1.63. The Balaban J connectivity index is 2.54. The van der Waals surface area contributed by atoms with Crippen LogP contribution in [0.5, 0.6) is 5.75 Å². The van der Waals surface area contributed by atoms with E-state index in [0.717, 1.165) is 15.8 Å². The van der Waals surface area contributed by atoms with Gasteiger partial charge in [-0.05, 0) is 37.4 Å². The van der Waals surface area contributed by atoms with Gasteiger partial charge in [-0.2, -0.15) is 0 Å². The zero-order valence-electron chi connectivity index (χ0n) is 10.0. The average Bonchev–Trinajstić information content (AvgIpc) is 2.75. The Morgan fingerprint density at radius 3 is 2.76 bits per heavy atom. The number of fused-ring (bicyclic) bond motifs is 1. The number of hydrogen-bond donors (Lipinski definition) is 0. The zero-order valence-corrected chi connectivity index (χ0v) is 10.8. The van der Waals surface area contributed by atoms with E-state index in [1.165, 1.54) is 7.11 Å². The fraction of sp³-hybridized carbons (Fsp3) is 0.308. The van der Waals surface area contributed by atoms with E-state index >= 15 is 0 Å². The molecule has 3 nitrogen and oxygen atoms in total. The molecule has 0 amide bonds. The van der Waals surface area contributed by atoms with Crippen molar-refractivity contribution in [3.05, 3.63) is 29.1 Å². The number of rotatable bonds is 3. The van der Waals surface area contributed by atoms with Crippen LogP contribution in [-0.2, 0) is 4.74 Å². The van der Waals surface area contributed by atoms with Crippen LogP contribution in [0.2, 0.25) is 0 Å². The highest BCUT2D eigenvalue weighted by Crippen LogP contribution is 2.32. The van der Waals surface area contributed by atoms with Gasteiger partial charge in [-0.25, -0.2) is 4.79 Å². The Bertz CT molecular complexity index is 543. The molecule has 0 atom stereocenters. The van der Waals surface area contributed by atoms with Crippen molar-refractivity contribution in [2.45, 2.75) is 20.0 Å². The van der Waals surface area contributed by atoms with Gasteiger partial charge in [0.1, 0.15) is 5.75 Å². The van der Waals surface area contributed by atoms with Gasteiger partial charge >= 0.3 is 5.97 Å². The van der Waals surface area contributed by atoms with Crippen molar-refractivity contribution in [3.8, 4) is 5.75 Å². The monoisotopic (exact) mass is 250 g/mol. The van der Waals surface area contributed by atoms with Crippen molar-refractivity contribution in [3.63, 3.8) is 0 Å². The topological polar surface area (TPSA) is 35.5 Å². The van der Waals surface area contributed by atoms with Crippen LogP contribution in [0.15, 0.2) is 23.6 Å². The molecule has 0 N–H and O–H groups in total. The second-order valence-electron chi connectivity index (χ2n) is 3.96. The number of thiophene rings is 1. The summed E-state index contributed by atoms with van der Waals surface area (Å²) < 4.78 is 11.5. The summed E-state index contributed by atoms with van der Waals surface area (Å²) in [6, 6.07) is 5.57.